The van der Waals surface area contributed by atoms with E-state index < -0.39 is 5.92 Å². The van der Waals surface area contributed by atoms with Crippen LogP contribution in [-0.2, 0) is 23.6 Å². The summed E-state index contributed by atoms with van der Waals surface area (Å²) in [5.41, 5.74) is 2.00. The van der Waals surface area contributed by atoms with Crippen LogP contribution in [0.5, 0.6) is 0 Å². The fraction of sp³-hybridized carbons (Fsp3) is 0.316. The maximum atomic E-state index is 14.0. The Hall–Kier alpha value is -2.30. The lowest BCUT2D eigenvalue weighted by molar-refractivity contribution is -0.117. The lowest BCUT2D eigenvalue weighted by Crippen LogP contribution is -2.32. The highest BCUT2D eigenvalue weighted by atomic mass is 19.3. The zero-order valence-corrected chi connectivity index (χ0v) is 13.6. The molecule has 2 aromatic rings. The third kappa shape index (κ3) is 3.03. The topological polar surface area (TPSA) is 20.3 Å². The molecule has 0 atom stereocenters. The van der Waals surface area contributed by atoms with Gasteiger partial charge in [0.2, 0.25) is 5.91 Å². The highest BCUT2D eigenvalue weighted by Crippen LogP contribution is 2.33. The van der Waals surface area contributed by atoms with E-state index in [1.807, 2.05) is 0 Å². The van der Waals surface area contributed by atoms with Crippen LogP contribution < -0.4 is 4.90 Å². The van der Waals surface area contributed by atoms with Crippen molar-refractivity contribution in [3.05, 3.63) is 64.5 Å². The minimum absolute atomic E-state index is 0.0683. The molecule has 2 aromatic carbocycles. The second-order valence-corrected chi connectivity index (χ2v) is 6.24. The van der Waals surface area contributed by atoms with Crippen molar-refractivity contribution in [2.45, 2.75) is 32.6 Å². The molecule has 1 amide bonds. The molecule has 0 saturated carbocycles. The van der Waals surface area contributed by atoms with E-state index in [-0.39, 0.29) is 30.3 Å². The third-order valence-electron chi connectivity index (χ3n) is 4.45. The van der Waals surface area contributed by atoms with Crippen molar-refractivity contribution >= 4 is 11.6 Å². The van der Waals surface area contributed by atoms with Crippen molar-refractivity contribution in [3.63, 3.8) is 0 Å². The molecule has 0 N–H and O–H groups in total. The van der Waals surface area contributed by atoms with Crippen LogP contribution in [-0.4, -0.2) is 12.5 Å². The summed E-state index contributed by atoms with van der Waals surface area (Å²) in [4.78, 5) is 14.0. The number of alkyl halides is 2. The number of fused-ring (bicyclic) bond motifs is 1. The molecular formula is C19H18F3NO. The lowest BCUT2D eigenvalue weighted by atomic mass is 10.0. The molecule has 0 fully saturated rings. The second kappa shape index (κ2) is 5.96. The van der Waals surface area contributed by atoms with Crippen molar-refractivity contribution in [2.24, 2.45) is 0 Å². The molecule has 1 aliphatic heterocycles. The zero-order valence-electron chi connectivity index (χ0n) is 13.6. The molecule has 0 unspecified atom stereocenters. The van der Waals surface area contributed by atoms with E-state index in [0.29, 0.717) is 28.8 Å². The molecule has 0 aliphatic carbocycles. The van der Waals surface area contributed by atoms with Crippen LogP contribution in [0.3, 0.4) is 0 Å². The van der Waals surface area contributed by atoms with Gasteiger partial charge in [0.1, 0.15) is 5.82 Å². The predicted octanol–water partition coefficient (Wildman–Crippen LogP) is 4.38. The highest BCUT2D eigenvalue weighted by molar-refractivity contribution is 5.95. The first-order chi connectivity index (χ1) is 11.3. The predicted molar refractivity (Wildman–Crippen MR) is 86.9 cm³/mol. The second-order valence-electron chi connectivity index (χ2n) is 6.24. The Labute approximate surface area is 138 Å². The number of halogens is 3. The van der Waals surface area contributed by atoms with Crippen LogP contribution in [0, 0.1) is 12.7 Å². The zero-order chi connectivity index (χ0) is 17.5. The fourth-order valence-corrected chi connectivity index (χ4v) is 3.18. The van der Waals surface area contributed by atoms with Crippen LogP contribution in [0.4, 0.5) is 18.9 Å². The van der Waals surface area contributed by atoms with Gasteiger partial charge in [-0.3, -0.25) is 4.79 Å². The summed E-state index contributed by atoms with van der Waals surface area (Å²) in [6.07, 6.45) is 0.429. The SMILES string of the molecule is Cc1ccc(N2CCc3c(F)cccc3CC2=O)cc1C(C)(F)F. The molecule has 3 rings (SSSR count). The summed E-state index contributed by atoms with van der Waals surface area (Å²) < 4.78 is 41.5. The van der Waals surface area contributed by atoms with Crippen LogP contribution in [0.15, 0.2) is 36.4 Å². The quantitative estimate of drug-likeness (QED) is 0.799. The van der Waals surface area contributed by atoms with E-state index in [0.717, 1.165) is 6.92 Å². The molecule has 0 radical (unpaired) electrons. The first kappa shape index (κ1) is 16.6. The Balaban J connectivity index is 1.97. The first-order valence-corrected chi connectivity index (χ1v) is 7.83. The molecule has 2 nitrogen and oxygen atoms in total. The maximum Gasteiger partial charge on any atom is 0.270 e. The fourth-order valence-electron chi connectivity index (χ4n) is 3.18. The Kier molecular flexibility index (Phi) is 4.11. The van der Waals surface area contributed by atoms with Gasteiger partial charge in [0.25, 0.3) is 5.92 Å². The van der Waals surface area contributed by atoms with Gasteiger partial charge in [-0.05, 0) is 48.2 Å². The van der Waals surface area contributed by atoms with Gasteiger partial charge >= 0.3 is 0 Å². The molecule has 126 valence electrons. The average molecular weight is 333 g/mol. The number of amides is 1. The van der Waals surface area contributed by atoms with Crippen molar-refractivity contribution in [3.8, 4) is 0 Å². The normalized spacial score (nSPS) is 15.2. The van der Waals surface area contributed by atoms with Crippen LogP contribution >= 0.6 is 0 Å². The van der Waals surface area contributed by atoms with Crippen molar-refractivity contribution in [1.29, 1.82) is 0 Å². The Bertz CT molecular complexity index is 796. The minimum Gasteiger partial charge on any atom is -0.312 e. The number of carbonyl (C=O) groups excluding carboxylic acids is 1. The first-order valence-electron chi connectivity index (χ1n) is 7.83. The van der Waals surface area contributed by atoms with Crippen molar-refractivity contribution in [2.75, 3.05) is 11.4 Å². The van der Waals surface area contributed by atoms with Gasteiger partial charge in [-0.15, -0.1) is 0 Å². The number of carbonyl (C=O) groups is 1. The third-order valence-corrected chi connectivity index (χ3v) is 4.45. The summed E-state index contributed by atoms with van der Waals surface area (Å²) in [5.74, 6) is -3.52. The van der Waals surface area contributed by atoms with E-state index in [9.17, 15) is 18.0 Å². The minimum atomic E-state index is -2.98. The van der Waals surface area contributed by atoms with Gasteiger partial charge in [0.05, 0.1) is 6.42 Å². The van der Waals surface area contributed by atoms with Gasteiger partial charge in [0.15, 0.2) is 0 Å². The van der Waals surface area contributed by atoms with Crippen molar-refractivity contribution in [1.82, 2.24) is 0 Å². The number of anilines is 1. The van der Waals surface area contributed by atoms with E-state index >= 15 is 0 Å². The molecular weight excluding hydrogens is 315 g/mol. The lowest BCUT2D eigenvalue weighted by Gasteiger charge is -2.23. The molecule has 1 heterocycles. The summed E-state index contributed by atoms with van der Waals surface area (Å²) in [6, 6.07) is 9.31. The highest BCUT2D eigenvalue weighted by Gasteiger charge is 2.29. The summed E-state index contributed by atoms with van der Waals surface area (Å²) in [5, 5.41) is 0. The molecule has 1 aliphatic rings. The smallest absolute Gasteiger partial charge is 0.270 e. The van der Waals surface area contributed by atoms with Gasteiger partial charge in [-0.1, -0.05) is 18.2 Å². The number of hydrogen-bond acceptors (Lipinski definition) is 1. The number of hydrogen-bond donors (Lipinski definition) is 0. The van der Waals surface area contributed by atoms with E-state index in [1.54, 1.807) is 31.2 Å². The Morgan fingerprint density at radius 3 is 2.62 bits per heavy atom. The Morgan fingerprint density at radius 2 is 1.92 bits per heavy atom. The molecule has 0 bridgehead atoms. The van der Waals surface area contributed by atoms with Gasteiger partial charge in [-0.25, -0.2) is 13.2 Å². The summed E-state index contributed by atoms with van der Waals surface area (Å²) >= 11 is 0. The number of rotatable bonds is 2. The molecule has 5 heteroatoms. The maximum absolute atomic E-state index is 14.0. The van der Waals surface area contributed by atoms with E-state index in [4.69, 9.17) is 0 Å². The summed E-state index contributed by atoms with van der Waals surface area (Å²) in [7, 11) is 0. The van der Waals surface area contributed by atoms with Crippen LogP contribution in [0.25, 0.3) is 0 Å². The van der Waals surface area contributed by atoms with Crippen molar-refractivity contribution < 1.29 is 18.0 Å². The molecule has 24 heavy (non-hydrogen) atoms. The monoisotopic (exact) mass is 333 g/mol. The van der Waals surface area contributed by atoms with Gasteiger partial charge in [-0.2, -0.15) is 0 Å². The Morgan fingerprint density at radius 1 is 1.17 bits per heavy atom. The molecule has 0 saturated heterocycles. The number of benzene rings is 2. The van der Waals surface area contributed by atoms with Gasteiger partial charge in [0, 0.05) is 24.7 Å². The summed E-state index contributed by atoms with van der Waals surface area (Å²) in [6.45, 7) is 2.73. The van der Waals surface area contributed by atoms with Gasteiger partial charge < -0.3 is 4.90 Å². The molecule has 0 spiro atoms. The largest absolute Gasteiger partial charge is 0.312 e. The van der Waals surface area contributed by atoms with Crippen LogP contribution in [0.1, 0.15) is 29.2 Å². The number of nitrogens with zero attached hydrogens (tertiary/aromatic N) is 1. The van der Waals surface area contributed by atoms with E-state index in [1.165, 1.54) is 17.0 Å². The number of aryl methyl sites for hydroxylation is 1. The van der Waals surface area contributed by atoms with E-state index in [2.05, 4.69) is 0 Å². The van der Waals surface area contributed by atoms with Crippen LogP contribution in [0.2, 0.25) is 0 Å². The molecule has 0 aromatic heterocycles. The standard InChI is InChI=1S/C19H18F3NO/c1-12-6-7-14(11-16(12)19(2,21)22)23-9-8-15-13(10-18(23)24)4-3-5-17(15)20/h3-7,11H,8-10H2,1-2H3. The average Bonchev–Trinajstić information content (AvgIpc) is 2.66.